The monoisotopic (exact) mass is 265 g/mol. The summed E-state index contributed by atoms with van der Waals surface area (Å²) in [5.41, 5.74) is 3.17. The normalized spacial score (nSPS) is 10.7. The minimum Gasteiger partial charge on any atom is -0.408 e. The third kappa shape index (κ3) is 2.57. The first kappa shape index (κ1) is 12.5. The van der Waals surface area contributed by atoms with Gasteiger partial charge in [-0.15, -0.1) is 0 Å². The van der Waals surface area contributed by atoms with Gasteiger partial charge in [-0.05, 0) is 12.5 Å². The van der Waals surface area contributed by atoms with Crippen LogP contribution in [0.3, 0.4) is 0 Å². The van der Waals surface area contributed by atoms with E-state index < -0.39 is 0 Å². The predicted molar refractivity (Wildman–Crippen MR) is 78.7 cm³/mol. The third-order valence-corrected chi connectivity index (χ3v) is 3.24. The highest BCUT2D eigenvalue weighted by Crippen LogP contribution is 2.18. The van der Waals surface area contributed by atoms with Crippen molar-refractivity contribution in [3.05, 3.63) is 82.5 Å². The van der Waals surface area contributed by atoms with Gasteiger partial charge in [0, 0.05) is 5.56 Å². The van der Waals surface area contributed by atoms with Crippen molar-refractivity contribution in [2.24, 2.45) is 0 Å². The van der Waals surface area contributed by atoms with Crippen LogP contribution in [0.2, 0.25) is 0 Å². The molecule has 2 aromatic carbocycles. The fourth-order valence-electron chi connectivity index (χ4n) is 2.11. The largest absolute Gasteiger partial charge is 0.419 e. The van der Waals surface area contributed by atoms with E-state index in [-0.39, 0.29) is 5.76 Å². The third-order valence-electron chi connectivity index (χ3n) is 3.24. The Morgan fingerprint density at radius 2 is 1.70 bits per heavy atom. The number of aryl methyl sites for hydroxylation is 1. The Bertz CT molecular complexity index is 752. The van der Waals surface area contributed by atoms with Crippen molar-refractivity contribution in [2.75, 3.05) is 0 Å². The molecule has 0 bridgehead atoms. The fraction of sp³-hybridized carbons (Fsp3) is 0.118. The average Bonchev–Trinajstić information content (AvgIpc) is 2.82. The van der Waals surface area contributed by atoms with Gasteiger partial charge in [-0.1, -0.05) is 60.2 Å². The van der Waals surface area contributed by atoms with Crippen molar-refractivity contribution in [3.8, 4) is 11.3 Å². The van der Waals surface area contributed by atoms with Gasteiger partial charge in [0.1, 0.15) is 0 Å². The molecule has 1 aromatic heterocycles. The summed E-state index contributed by atoms with van der Waals surface area (Å²) in [5.74, 6) is 0.273. The molecule has 20 heavy (non-hydrogen) atoms. The van der Waals surface area contributed by atoms with Gasteiger partial charge in [0.05, 0.1) is 12.7 Å². The van der Waals surface area contributed by atoms with E-state index in [2.05, 4.69) is 0 Å². The van der Waals surface area contributed by atoms with Crippen LogP contribution in [0.1, 0.15) is 11.1 Å². The highest BCUT2D eigenvalue weighted by molar-refractivity contribution is 5.56. The van der Waals surface area contributed by atoms with Crippen LogP contribution in [0.5, 0.6) is 0 Å². The van der Waals surface area contributed by atoms with E-state index >= 15 is 0 Å². The van der Waals surface area contributed by atoms with E-state index in [0.717, 1.165) is 11.1 Å². The molecule has 0 atom stereocenters. The van der Waals surface area contributed by atoms with Gasteiger partial charge < -0.3 is 4.42 Å². The summed E-state index contributed by atoms with van der Waals surface area (Å²) in [6.45, 7) is 2.55. The molecule has 3 heteroatoms. The molecule has 0 saturated carbocycles. The maximum Gasteiger partial charge on any atom is 0.419 e. The van der Waals surface area contributed by atoms with Gasteiger partial charge in [-0.3, -0.25) is 4.57 Å². The first-order chi connectivity index (χ1) is 9.72. The second-order valence-electron chi connectivity index (χ2n) is 4.84. The van der Waals surface area contributed by atoms with Crippen LogP contribution in [-0.4, -0.2) is 4.57 Å². The molecule has 100 valence electrons. The highest BCUT2D eigenvalue weighted by Gasteiger charge is 2.08. The Balaban J connectivity index is 1.91. The molecular weight excluding hydrogens is 250 g/mol. The molecule has 0 aliphatic heterocycles. The molecule has 1 heterocycles. The molecule has 0 aliphatic rings. The number of hydrogen-bond donors (Lipinski definition) is 0. The zero-order valence-electron chi connectivity index (χ0n) is 11.2. The molecule has 0 amide bonds. The van der Waals surface area contributed by atoms with Crippen molar-refractivity contribution in [1.82, 2.24) is 4.57 Å². The summed E-state index contributed by atoms with van der Waals surface area (Å²) in [6.07, 6.45) is 1.76. The molecule has 3 rings (SSSR count). The number of benzene rings is 2. The molecule has 0 fully saturated rings. The highest BCUT2D eigenvalue weighted by atomic mass is 16.4. The van der Waals surface area contributed by atoms with Crippen molar-refractivity contribution in [3.63, 3.8) is 0 Å². The van der Waals surface area contributed by atoms with E-state index in [1.807, 2.05) is 61.5 Å². The summed E-state index contributed by atoms with van der Waals surface area (Å²) in [4.78, 5) is 11.9. The molecule has 3 aromatic rings. The summed E-state index contributed by atoms with van der Waals surface area (Å²) in [7, 11) is 0. The molecule has 0 saturated heterocycles. The van der Waals surface area contributed by atoms with E-state index in [4.69, 9.17) is 4.42 Å². The number of hydrogen-bond acceptors (Lipinski definition) is 2. The van der Waals surface area contributed by atoms with Gasteiger partial charge in [-0.2, -0.15) is 0 Å². The average molecular weight is 265 g/mol. The van der Waals surface area contributed by atoms with Crippen LogP contribution in [0.4, 0.5) is 0 Å². The van der Waals surface area contributed by atoms with Crippen LogP contribution in [-0.2, 0) is 6.54 Å². The van der Waals surface area contributed by atoms with Crippen LogP contribution >= 0.6 is 0 Å². The smallest absolute Gasteiger partial charge is 0.408 e. The SMILES string of the molecule is Cc1ccc(-c2cn(Cc3ccccc3)c(=O)o2)cc1. The first-order valence-corrected chi connectivity index (χ1v) is 6.53. The molecule has 0 N–H and O–H groups in total. The fourth-order valence-corrected chi connectivity index (χ4v) is 2.11. The van der Waals surface area contributed by atoms with Crippen LogP contribution in [0.15, 0.2) is 70.0 Å². The number of nitrogens with zero attached hydrogens (tertiary/aromatic N) is 1. The lowest BCUT2D eigenvalue weighted by Gasteiger charge is -1.99. The second kappa shape index (κ2) is 5.21. The zero-order valence-corrected chi connectivity index (χ0v) is 11.2. The van der Waals surface area contributed by atoms with E-state index in [9.17, 15) is 4.79 Å². The predicted octanol–water partition coefficient (Wildman–Crippen LogP) is 3.47. The molecule has 3 nitrogen and oxygen atoms in total. The summed E-state index contributed by atoms with van der Waals surface area (Å²) in [5, 5.41) is 0. The molecular formula is C17H15NO2. The van der Waals surface area contributed by atoms with Crippen molar-refractivity contribution in [1.29, 1.82) is 0 Å². The van der Waals surface area contributed by atoms with Crippen LogP contribution in [0, 0.1) is 6.92 Å². The van der Waals surface area contributed by atoms with E-state index in [0.29, 0.717) is 12.3 Å². The maximum atomic E-state index is 11.9. The number of oxazole rings is 1. The van der Waals surface area contributed by atoms with Gasteiger partial charge in [0.15, 0.2) is 5.76 Å². The minimum atomic E-state index is -0.329. The van der Waals surface area contributed by atoms with E-state index in [1.54, 1.807) is 10.8 Å². The van der Waals surface area contributed by atoms with Gasteiger partial charge >= 0.3 is 5.76 Å². The zero-order chi connectivity index (χ0) is 13.9. The Hall–Kier alpha value is -2.55. The maximum absolute atomic E-state index is 11.9. The molecule has 0 radical (unpaired) electrons. The van der Waals surface area contributed by atoms with Gasteiger partial charge in [0.2, 0.25) is 0 Å². The Morgan fingerprint density at radius 3 is 2.40 bits per heavy atom. The molecule has 0 aliphatic carbocycles. The number of rotatable bonds is 3. The lowest BCUT2D eigenvalue weighted by Crippen LogP contribution is -2.13. The van der Waals surface area contributed by atoms with Crippen molar-refractivity contribution < 1.29 is 4.42 Å². The first-order valence-electron chi connectivity index (χ1n) is 6.53. The Labute approximate surface area is 117 Å². The molecule has 0 spiro atoms. The van der Waals surface area contributed by atoms with Crippen molar-refractivity contribution in [2.45, 2.75) is 13.5 Å². The van der Waals surface area contributed by atoms with Crippen LogP contribution < -0.4 is 5.76 Å². The summed E-state index contributed by atoms with van der Waals surface area (Å²) < 4.78 is 6.91. The van der Waals surface area contributed by atoms with Crippen molar-refractivity contribution >= 4 is 0 Å². The number of aromatic nitrogens is 1. The lowest BCUT2D eigenvalue weighted by atomic mass is 10.1. The van der Waals surface area contributed by atoms with E-state index in [1.165, 1.54) is 5.56 Å². The Morgan fingerprint density at radius 1 is 1.00 bits per heavy atom. The van der Waals surface area contributed by atoms with Gasteiger partial charge in [-0.25, -0.2) is 4.79 Å². The summed E-state index contributed by atoms with van der Waals surface area (Å²) >= 11 is 0. The lowest BCUT2D eigenvalue weighted by molar-refractivity contribution is 0.497. The quantitative estimate of drug-likeness (QED) is 0.727. The summed E-state index contributed by atoms with van der Waals surface area (Å²) in [6, 6.07) is 17.8. The molecule has 0 unspecified atom stereocenters. The van der Waals surface area contributed by atoms with Crippen LogP contribution in [0.25, 0.3) is 11.3 Å². The second-order valence-corrected chi connectivity index (χ2v) is 4.84. The Kier molecular flexibility index (Phi) is 3.25. The standard InChI is InChI=1S/C17H15NO2/c1-13-7-9-15(10-8-13)16-12-18(17(19)20-16)11-14-5-3-2-4-6-14/h2-10,12H,11H2,1H3. The van der Waals surface area contributed by atoms with Gasteiger partial charge in [0.25, 0.3) is 0 Å². The topological polar surface area (TPSA) is 35.1 Å². The minimum absolute atomic E-state index is 0.329.